The zero-order chi connectivity index (χ0) is 20.1. The fourth-order valence-corrected chi connectivity index (χ4v) is 3.82. The largest absolute Gasteiger partial charge is 0.481 e. The van der Waals surface area contributed by atoms with Crippen molar-refractivity contribution < 1.29 is 24.2 Å². The number of pyridine rings is 1. The monoisotopic (exact) mass is 392 g/mol. The van der Waals surface area contributed by atoms with E-state index < -0.39 is 5.97 Å². The molecular weight excluding hydrogens is 364 g/mol. The Balaban J connectivity index is 1.46. The summed E-state index contributed by atoms with van der Waals surface area (Å²) in [5.41, 5.74) is 0.902. The van der Waals surface area contributed by atoms with Gasteiger partial charge in [-0.05, 0) is 31.9 Å². The number of urea groups is 1. The Hall–Kier alpha value is -2.39. The average molecular weight is 392 g/mol. The van der Waals surface area contributed by atoms with Crippen LogP contribution in [0.1, 0.15) is 37.9 Å². The molecule has 2 aliphatic rings. The zero-order valence-corrected chi connectivity index (χ0v) is 16.3. The van der Waals surface area contributed by atoms with Crippen LogP contribution in [0.15, 0.2) is 18.3 Å². The lowest BCUT2D eigenvalue weighted by Crippen LogP contribution is -2.57. The lowest BCUT2D eigenvalue weighted by molar-refractivity contribution is -0.139. The van der Waals surface area contributed by atoms with Crippen LogP contribution < -0.4 is 15.4 Å². The molecular formula is C19H28N4O5. The van der Waals surface area contributed by atoms with E-state index in [9.17, 15) is 9.59 Å². The Morgan fingerprint density at radius 3 is 2.75 bits per heavy atom. The minimum absolute atomic E-state index is 0.0388. The third-order valence-electron chi connectivity index (χ3n) is 5.41. The van der Waals surface area contributed by atoms with Crippen molar-refractivity contribution in [3.63, 3.8) is 0 Å². The number of carboxylic acid groups (broad SMARTS) is 1. The molecule has 0 bridgehead atoms. The second kappa shape index (κ2) is 9.20. The van der Waals surface area contributed by atoms with Crippen LogP contribution >= 0.6 is 0 Å². The van der Waals surface area contributed by atoms with Crippen molar-refractivity contribution in [2.75, 3.05) is 26.8 Å². The molecule has 1 saturated heterocycles. The predicted molar refractivity (Wildman–Crippen MR) is 101 cm³/mol. The molecule has 2 amide bonds. The van der Waals surface area contributed by atoms with Crippen molar-refractivity contribution in [3.05, 3.63) is 23.9 Å². The lowest BCUT2D eigenvalue weighted by Gasteiger charge is -2.42. The van der Waals surface area contributed by atoms with E-state index in [-0.39, 0.29) is 36.8 Å². The smallest absolute Gasteiger partial charge is 0.317 e. The highest BCUT2D eigenvalue weighted by atomic mass is 16.5. The molecule has 0 spiro atoms. The maximum Gasteiger partial charge on any atom is 0.317 e. The van der Waals surface area contributed by atoms with Crippen LogP contribution in [0, 0.1) is 0 Å². The fraction of sp³-hybridized carbons (Fsp3) is 0.632. The van der Waals surface area contributed by atoms with Gasteiger partial charge < -0.3 is 25.2 Å². The second-order valence-corrected chi connectivity index (χ2v) is 7.22. The van der Waals surface area contributed by atoms with Gasteiger partial charge in [0.05, 0.1) is 19.7 Å². The maximum atomic E-state index is 12.4. The van der Waals surface area contributed by atoms with Crippen molar-refractivity contribution in [2.45, 2.75) is 50.4 Å². The summed E-state index contributed by atoms with van der Waals surface area (Å²) in [6.07, 6.45) is 3.74. The van der Waals surface area contributed by atoms with Crippen LogP contribution in [-0.4, -0.2) is 71.9 Å². The SMILES string of the molecule is CCN(CC(=O)O)C1CC(NC(=O)N[C@H]2CCO[C@@H]2c2ccc(OC)nc2)C1. The Labute approximate surface area is 164 Å². The van der Waals surface area contributed by atoms with Crippen molar-refractivity contribution in [2.24, 2.45) is 0 Å². The molecule has 3 rings (SSSR count). The summed E-state index contributed by atoms with van der Waals surface area (Å²) in [7, 11) is 1.56. The highest BCUT2D eigenvalue weighted by molar-refractivity contribution is 5.75. The van der Waals surface area contributed by atoms with Gasteiger partial charge in [0.25, 0.3) is 0 Å². The molecule has 0 unspecified atom stereocenters. The first-order chi connectivity index (χ1) is 13.5. The normalized spacial score (nSPS) is 26.5. The first-order valence-corrected chi connectivity index (χ1v) is 9.64. The Morgan fingerprint density at radius 1 is 1.36 bits per heavy atom. The summed E-state index contributed by atoms with van der Waals surface area (Å²) in [5.74, 6) is -0.288. The number of nitrogens with zero attached hydrogens (tertiary/aromatic N) is 2. The van der Waals surface area contributed by atoms with E-state index in [1.165, 1.54) is 0 Å². The number of hydrogen-bond donors (Lipinski definition) is 3. The van der Waals surface area contributed by atoms with Gasteiger partial charge in [0, 0.05) is 36.5 Å². The number of aromatic nitrogens is 1. The number of amides is 2. The van der Waals surface area contributed by atoms with Crippen LogP contribution in [0.4, 0.5) is 4.79 Å². The quantitative estimate of drug-likeness (QED) is 0.608. The molecule has 1 aliphatic heterocycles. The minimum Gasteiger partial charge on any atom is -0.481 e. The number of likely N-dealkylation sites (N-methyl/N-ethyl adjacent to an activating group) is 1. The summed E-state index contributed by atoms with van der Waals surface area (Å²) in [5, 5.41) is 14.9. The van der Waals surface area contributed by atoms with E-state index in [4.69, 9.17) is 14.6 Å². The van der Waals surface area contributed by atoms with Gasteiger partial charge in [0.15, 0.2) is 0 Å². The number of carbonyl (C=O) groups excluding carboxylic acids is 1. The van der Waals surface area contributed by atoms with Gasteiger partial charge in [0.1, 0.15) is 6.10 Å². The van der Waals surface area contributed by atoms with Gasteiger partial charge in [-0.2, -0.15) is 0 Å². The minimum atomic E-state index is -0.823. The summed E-state index contributed by atoms with van der Waals surface area (Å²) in [6.45, 7) is 3.25. The van der Waals surface area contributed by atoms with Crippen LogP contribution in [0.25, 0.3) is 0 Å². The van der Waals surface area contributed by atoms with E-state index in [1.807, 2.05) is 17.9 Å². The molecule has 1 aliphatic carbocycles. The van der Waals surface area contributed by atoms with Crippen molar-refractivity contribution in [1.82, 2.24) is 20.5 Å². The number of methoxy groups -OCH3 is 1. The molecule has 1 aromatic rings. The van der Waals surface area contributed by atoms with Crippen molar-refractivity contribution >= 4 is 12.0 Å². The maximum absolute atomic E-state index is 12.4. The molecule has 0 aromatic carbocycles. The summed E-state index contributed by atoms with van der Waals surface area (Å²) in [4.78, 5) is 29.4. The number of carbonyl (C=O) groups is 2. The average Bonchev–Trinajstić information content (AvgIpc) is 3.10. The first-order valence-electron chi connectivity index (χ1n) is 9.64. The topological polar surface area (TPSA) is 113 Å². The molecule has 154 valence electrons. The van der Waals surface area contributed by atoms with E-state index in [0.717, 1.165) is 24.8 Å². The standard InChI is InChI=1S/C19H28N4O5/c1-3-23(11-17(24)25)14-8-13(9-14)21-19(26)22-15-6-7-28-18(15)12-4-5-16(27-2)20-10-12/h4-5,10,13-15,18H,3,6-9,11H2,1-2H3,(H,24,25)(H2,21,22,26)/t13?,14?,15-,18+/m0/s1. The molecule has 9 heteroatoms. The van der Waals surface area contributed by atoms with Gasteiger partial charge in [-0.25, -0.2) is 9.78 Å². The van der Waals surface area contributed by atoms with Gasteiger partial charge in [0.2, 0.25) is 5.88 Å². The van der Waals surface area contributed by atoms with E-state index in [2.05, 4.69) is 15.6 Å². The molecule has 3 N–H and O–H groups in total. The van der Waals surface area contributed by atoms with E-state index in [1.54, 1.807) is 19.4 Å². The van der Waals surface area contributed by atoms with E-state index in [0.29, 0.717) is 19.0 Å². The third-order valence-corrected chi connectivity index (χ3v) is 5.41. The highest BCUT2D eigenvalue weighted by Gasteiger charge is 2.36. The lowest BCUT2D eigenvalue weighted by atomic mass is 9.85. The summed E-state index contributed by atoms with van der Waals surface area (Å²) in [6, 6.07) is 3.61. The predicted octanol–water partition coefficient (Wildman–Crippen LogP) is 1.16. The molecule has 28 heavy (non-hydrogen) atoms. The van der Waals surface area contributed by atoms with Gasteiger partial charge in [-0.15, -0.1) is 0 Å². The first kappa shape index (κ1) is 20.3. The van der Waals surface area contributed by atoms with Gasteiger partial charge in [-0.1, -0.05) is 6.92 Å². The Morgan fingerprint density at radius 2 is 2.14 bits per heavy atom. The molecule has 2 heterocycles. The molecule has 0 radical (unpaired) electrons. The number of nitrogens with one attached hydrogen (secondary N) is 2. The highest BCUT2D eigenvalue weighted by Crippen LogP contribution is 2.30. The summed E-state index contributed by atoms with van der Waals surface area (Å²) >= 11 is 0. The Kier molecular flexibility index (Phi) is 6.69. The van der Waals surface area contributed by atoms with Gasteiger partial charge >= 0.3 is 12.0 Å². The van der Waals surface area contributed by atoms with Crippen molar-refractivity contribution in [3.8, 4) is 5.88 Å². The van der Waals surface area contributed by atoms with Gasteiger partial charge in [-0.3, -0.25) is 9.69 Å². The molecule has 1 saturated carbocycles. The van der Waals surface area contributed by atoms with Crippen molar-refractivity contribution in [1.29, 1.82) is 0 Å². The number of rotatable bonds is 8. The fourth-order valence-electron chi connectivity index (χ4n) is 3.82. The number of ether oxygens (including phenoxy) is 2. The second-order valence-electron chi connectivity index (χ2n) is 7.22. The third kappa shape index (κ3) is 4.90. The van der Waals surface area contributed by atoms with Crippen LogP contribution in [0.3, 0.4) is 0 Å². The molecule has 1 aromatic heterocycles. The molecule has 9 nitrogen and oxygen atoms in total. The van der Waals surface area contributed by atoms with E-state index >= 15 is 0 Å². The molecule has 2 atom stereocenters. The summed E-state index contributed by atoms with van der Waals surface area (Å²) < 4.78 is 10.9. The number of hydrogen-bond acceptors (Lipinski definition) is 6. The number of aliphatic carboxylic acids is 1. The molecule has 2 fully saturated rings. The zero-order valence-electron chi connectivity index (χ0n) is 16.3. The van der Waals surface area contributed by atoms with Crippen LogP contribution in [0.5, 0.6) is 5.88 Å². The number of carboxylic acids is 1. The van der Waals surface area contributed by atoms with Crippen LogP contribution in [-0.2, 0) is 9.53 Å². The van der Waals surface area contributed by atoms with Crippen LogP contribution in [0.2, 0.25) is 0 Å². The Bertz CT molecular complexity index is 677.